The second kappa shape index (κ2) is 8.73. The zero-order valence-electron chi connectivity index (χ0n) is 16.3. The van der Waals surface area contributed by atoms with Gasteiger partial charge in [0.25, 0.3) is 0 Å². The Balaban J connectivity index is 1.75. The van der Waals surface area contributed by atoms with E-state index in [2.05, 4.69) is 5.32 Å². The maximum Gasteiger partial charge on any atom is 0.418 e. The molecule has 1 N–H and O–H groups in total. The fraction of sp³-hybridized carbons (Fsp3) is 0.381. The Morgan fingerprint density at radius 1 is 1.17 bits per heavy atom. The summed E-state index contributed by atoms with van der Waals surface area (Å²) in [4.78, 5) is 14.5. The third kappa shape index (κ3) is 4.82. The zero-order valence-corrected chi connectivity index (χ0v) is 16.3. The Bertz CT molecular complexity index is 870. The summed E-state index contributed by atoms with van der Waals surface area (Å²) in [5, 5.41) is 2.41. The largest absolute Gasteiger partial charge is 0.497 e. The van der Waals surface area contributed by atoms with Crippen LogP contribution in [0.25, 0.3) is 0 Å². The Hall–Kier alpha value is -2.74. The highest BCUT2D eigenvalue weighted by Crippen LogP contribution is 2.39. The number of benzene rings is 2. The number of amides is 1. The molecular formula is C21H23F3N2O3. The van der Waals surface area contributed by atoms with E-state index >= 15 is 0 Å². The lowest BCUT2D eigenvalue weighted by Crippen LogP contribution is -2.33. The molecule has 1 aliphatic heterocycles. The van der Waals surface area contributed by atoms with Gasteiger partial charge in [-0.05, 0) is 37.6 Å². The smallest absolute Gasteiger partial charge is 0.418 e. The molecular weight excluding hydrogens is 385 g/mol. The number of anilines is 1. The molecule has 1 atom stereocenters. The van der Waals surface area contributed by atoms with E-state index in [1.54, 1.807) is 20.3 Å². The van der Waals surface area contributed by atoms with Crippen LogP contribution in [0.1, 0.15) is 30.0 Å². The molecule has 1 aliphatic rings. The first-order chi connectivity index (χ1) is 13.8. The van der Waals surface area contributed by atoms with Gasteiger partial charge in [0.15, 0.2) is 0 Å². The molecule has 5 nitrogen and oxygen atoms in total. The van der Waals surface area contributed by atoms with Crippen LogP contribution in [0.5, 0.6) is 11.5 Å². The first kappa shape index (κ1) is 21.0. The molecule has 1 saturated heterocycles. The van der Waals surface area contributed by atoms with Gasteiger partial charge in [0.2, 0.25) is 5.91 Å². The van der Waals surface area contributed by atoms with Crippen LogP contribution in [-0.4, -0.2) is 38.1 Å². The Labute approximate surface area is 167 Å². The van der Waals surface area contributed by atoms with Gasteiger partial charge in [0.1, 0.15) is 11.5 Å². The predicted octanol–water partition coefficient (Wildman–Crippen LogP) is 4.50. The molecule has 0 aliphatic carbocycles. The van der Waals surface area contributed by atoms with Gasteiger partial charge in [0, 0.05) is 17.7 Å². The second-order valence-electron chi connectivity index (χ2n) is 6.83. The number of alkyl halides is 3. The minimum Gasteiger partial charge on any atom is -0.497 e. The van der Waals surface area contributed by atoms with Crippen molar-refractivity contribution in [3.8, 4) is 11.5 Å². The molecule has 0 saturated carbocycles. The number of halogens is 3. The normalized spacial score (nSPS) is 17.2. The maximum atomic E-state index is 13.1. The minimum atomic E-state index is -4.53. The van der Waals surface area contributed by atoms with Gasteiger partial charge in [-0.15, -0.1) is 0 Å². The van der Waals surface area contributed by atoms with Gasteiger partial charge in [-0.25, -0.2) is 0 Å². The van der Waals surface area contributed by atoms with Gasteiger partial charge >= 0.3 is 6.18 Å². The number of rotatable bonds is 6. The SMILES string of the molecule is COc1ccc([C@H]2CCCN2CC(=O)Nc2ccccc2C(F)(F)F)c(OC)c1. The van der Waals surface area contributed by atoms with Crippen LogP contribution in [0.2, 0.25) is 0 Å². The summed E-state index contributed by atoms with van der Waals surface area (Å²) >= 11 is 0. The van der Waals surface area contributed by atoms with Gasteiger partial charge in [0.05, 0.1) is 32.0 Å². The summed E-state index contributed by atoms with van der Waals surface area (Å²) < 4.78 is 50.1. The van der Waals surface area contributed by atoms with Crippen molar-refractivity contribution in [1.82, 2.24) is 4.90 Å². The molecule has 2 aromatic carbocycles. The first-order valence-corrected chi connectivity index (χ1v) is 9.25. The van der Waals surface area contributed by atoms with Crippen molar-refractivity contribution in [3.05, 3.63) is 53.6 Å². The quantitative estimate of drug-likeness (QED) is 0.765. The van der Waals surface area contributed by atoms with E-state index in [0.29, 0.717) is 18.0 Å². The molecule has 3 rings (SSSR count). The summed E-state index contributed by atoms with van der Waals surface area (Å²) in [5.41, 5.74) is -0.166. The van der Waals surface area contributed by atoms with Gasteiger partial charge in [-0.1, -0.05) is 18.2 Å². The topological polar surface area (TPSA) is 50.8 Å². The van der Waals surface area contributed by atoms with E-state index in [4.69, 9.17) is 9.47 Å². The number of carbonyl (C=O) groups excluding carboxylic acids is 1. The Morgan fingerprint density at radius 3 is 2.62 bits per heavy atom. The summed E-state index contributed by atoms with van der Waals surface area (Å²) in [6.07, 6.45) is -2.82. The predicted molar refractivity (Wildman–Crippen MR) is 103 cm³/mol. The minimum absolute atomic E-state index is 0.00790. The Kier molecular flexibility index (Phi) is 6.32. The third-order valence-electron chi connectivity index (χ3n) is 5.02. The van der Waals surface area contributed by atoms with Crippen molar-refractivity contribution in [2.75, 3.05) is 32.6 Å². The van der Waals surface area contributed by atoms with Gasteiger partial charge < -0.3 is 14.8 Å². The molecule has 8 heteroatoms. The number of ether oxygens (including phenoxy) is 2. The van der Waals surface area contributed by atoms with Crippen LogP contribution in [0.15, 0.2) is 42.5 Å². The number of methoxy groups -OCH3 is 2. The number of hydrogen-bond acceptors (Lipinski definition) is 4. The number of carbonyl (C=O) groups is 1. The van der Waals surface area contributed by atoms with E-state index in [0.717, 1.165) is 24.5 Å². The number of para-hydroxylation sites is 1. The molecule has 0 bridgehead atoms. The number of likely N-dealkylation sites (tertiary alicyclic amines) is 1. The average molecular weight is 408 g/mol. The molecule has 0 aromatic heterocycles. The Morgan fingerprint density at radius 2 is 1.93 bits per heavy atom. The van der Waals surface area contributed by atoms with Crippen LogP contribution >= 0.6 is 0 Å². The van der Waals surface area contributed by atoms with Crippen molar-refractivity contribution in [2.24, 2.45) is 0 Å². The van der Waals surface area contributed by atoms with Crippen molar-refractivity contribution in [2.45, 2.75) is 25.1 Å². The van der Waals surface area contributed by atoms with Crippen LogP contribution in [0.3, 0.4) is 0 Å². The third-order valence-corrected chi connectivity index (χ3v) is 5.02. The van der Waals surface area contributed by atoms with Crippen LogP contribution in [-0.2, 0) is 11.0 Å². The van der Waals surface area contributed by atoms with Crippen molar-refractivity contribution < 1.29 is 27.4 Å². The standard InChI is InChI=1S/C21H23F3N2O3/c1-28-14-9-10-15(19(12-14)29-2)18-8-5-11-26(18)13-20(27)25-17-7-4-3-6-16(17)21(22,23)24/h3-4,6-7,9-10,12,18H,5,8,11,13H2,1-2H3,(H,25,27)/t18-/m1/s1. The average Bonchev–Trinajstić information content (AvgIpc) is 3.14. The van der Waals surface area contributed by atoms with Crippen LogP contribution < -0.4 is 14.8 Å². The second-order valence-corrected chi connectivity index (χ2v) is 6.83. The molecule has 1 heterocycles. The molecule has 0 radical (unpaired) electrons. The van der Waals surface area contributed by atoms with Crippen LogP contribution in [0.4, 0.5) is 18.9 Å². The van der Waals surface area contributed by atoms with Crippen LogP contribution in [0, 0.1) is 0 Å². The summed E-state index contributed by atoms with van der Waals surface area (Å²) in [5.74, 6) is 0.835. The number of nitrogens with one attached hydrogen (secondary N) is 1. The fourth-order valence-corrected chi connectivity index (χ4v) is 3.67. The molecule has 0 spiro atoms. The lowest BCUT2D eigenvalue weighted by molar-refractivity contribution is -0.137. The van der Waals surface area contributed by atoms with Crippen molar-refractivity contribution >= 4 is 11.6 Å². The summed E-state index contributed by atoms with van der Waals surface area (Å²) in [7, 11) is 3.14. The molecule has 29 heavy (non-hydrogen) atoms. The number of hydrogen-bond donors (Lipinski definition) is 1. The molecule has 1 amide bonds. The molecule has 0 unspecified atom stereocenters. The monoisotopic (exact) mass is 408 g/mol. The van der Waals surface area contributed by atoms with E-state index in [-0.39, 0.29) is 18.3 Å². The van der Waals surface area contributed by atoms with Crippen molar-refractivity contribution in [3.63, 3.8) is 0 Å². The zero-order chi connectivity index (χ0) is 21.0. The highest BCUT2D eigenvalue weighted by atomic mass is 19.4. The maximum absolute atomic E-state index is 13.1. The highest BCUT2D eigenvalue weighted by Gasteiger charge is 2.34. The molecule has 2 aromatic rings. The van der Waals surface area contributed by atoms with E-state index in [1.807, 2.05) is 17.0 Å². The van der Waals surface area contributed by atoms with Gasteiger partial charge in [-0.3, -0.25) is 9.69 Å². The highest BCUT2D eigenvalue weighted by molar-refractivity contribution is 5.93. The fourth-order valence-electron chi connectivity index (χ4n) is 3.67. The molecule has 156 valence electrons. The summed E-state index contributed by atoms with van der Waals surface area (Å²) in [6.45, 7) is 0.667. The van der Waals surface area contributed by atoms with Crippen molar-refractivity contribution in [1.29, 1.82) is 0 Å². The molecule has 1 fully saturated rings. The van der Waals surface area contributed by atoms with Gasteiger partial charge in [-0.2, -0.15) is 13.2 Å². The number of nitrogens with zero attached hydrogens (tertiary/aromatic N) is 1. The summed E-state index contributed by atoms with van der Waals surface area (Å²) in [6, 6.07) is 10.4. The van der Waals surface area contributed by atoms with E-state index in [9.17, 15) is 18.0 Å². The first-order valence-electron chi connectivity index (χ1n) is 9.25. The lowest BCUT2D eigenvalue weighted by atomic mass is 10.0. The van der Waals surface area contributed by atoms with E-state index < -0.39 is 17.6 Å². The van der Waals surface area contributed by atoms with E-state index in [1.165, 1.54) is 18.2 Å². The lowest BCUT2D eigenvalue weighted by Gasteiger charge is -2.26.